The van der Waals surface area contributed by atoms with E-state index in [0.717, 1.165) is 0 Å². The van der Waals surface area contributed by atoms with Crippen LogP contribution in [0.3, 0.4) is 0 Å². The highest BCUT2D eigenvalue weighted by Gasteiger charge is 2.36. The van der Waals surface area contributed by atoms with Crippen molar-refractivity contribution in [1.29, 1.82) is 5.26 Å². The van der Waals surface area contributed by atoms with E-state index in [0.29, 0.717) is 28.1 Å². The van der Waals surface area contributed by atoms with Crippen LogP contribution in [0.25, 0.3) is 0 Å². The number of carbonyl (C=O) groups is 1. The minimum Gasteiger partial charge on any atom is -0.595 e. The number of hydrogen-bond acceptors (Lipinski definition) is 6. The Balaban J connectivity index is 2.72. The fourth-order valence-corrected chi connectivity index (χ4v) is 2.88. The smallest absolute Gasteiger partial charge is 0.336 e. The van der Waals surface area contributed by atoms with Crippen LogP contribution in [0.2, 0.25) is 0 Å². The highest BCUT2D eigenvalue weighted by atomic mass is 16.8. The SMILES string of the molecule is COC(=O)C1=C(C)N(C)C(C)=C(C#N)C1c1cccc([NH+]([O-])O)c1. The minimum absolute atomic E-state index is 0.100. The predicted octanol–water partition coefficient (Wildman–Crippen LogP) is 1.36. The summed E-state index contributed by atoms with van der Waals surface area (Å²) >= 11 is 0. The van der Waals surface area contributed by atoms with Gasteiger partial charge in [-0.15, -0.1) is 0 Å². The molecule has 0 aliphatic carbocycles. The van der Waals surface area contributed by atoms with E-state index < -0.39 is 17.1 Å². The molecule has 1 aromatic rings. The molecular weight excluding hydrogens is 310 g/mol. The highest BCUT2D eigenvalue weighted by Crippen LogP contribution is 2.41. The van der Waals surface area contributed by atoms with Gasteiger partial charge in [0, 0.05) is 30.6 Å². The predicted molar refractivity (Wildman–Crippen MR) is 85.8 cm³/mol. The van der Waals surface area contributed by atoms with Gasteiger partial charge in [-0.05, 0) is 19.4 Å². The standard InChI is InChI=1S/C17H19N3O4/c1-10-14(9-18)16(12-6-5-7-13(8-12)20(22)23)15(17(21)24-4)11(2)19(10)3/h5-8,16,20,22H,1-4H3. The molecule has 2 N–H and O–H groups in total. The Kier molecular flexibility index (Phi) is 5.04. The molecule has 0 radical (unpaired) electrons. The van der Waals surface area contributed by atoms with E-state index in [1.165, 1.54) is 19.2 Å². The highest BCUT2D eigenvalue weighted by molar-refractivity contribution is 5.93. The largest absolute Gasteiger partial charge is 0.595 e. The lowest BCUT2D eigenvalue weighted by Gasteiger charge is -2.34. The van der Waals surface area contributed by atoms with Crippen LogP contribution < -0.4 is 5.23 Å². The van der Waals surface area contributed by atoms with Gasteiger partial charge in [-0.25, -0.2) is 10.0 Å². The van der Waals surface area contributed by atoms with Crippen LogP contribution in [-0.2, 0) is 9.53 Å². The van der Waals surface area contributed by atoms with Gasteiger partial charge in [0.05, 0.1) is 30.2 Å². The van der Waals surface area contributed by atoms with Gasteiger partial charge in [-0.1, -0.05) is 12.1 Å². The first-order valence-corrected chi connectivity index (χ1v) is 7.30. The number of allylic oxidation sites excluding steroid dienone is 3. The number of esters is 1. The third-order valence-corrected chi connectivity index (χ3v) is 4.36. The Morgan fingerprint density at radius 3 is 2.62 bits per heavy atom. The number of hydrogen-bond donors (Lipinski definition) is 2. The van der Waals surface area contributed by atoms with Crippen molar-refractivity contribution in [2.75, 3.05) is 14.2 Å². The molecule has 1 aliphatic heterocycles. The molecule has 2 unspecified atom stereocenters. The average molecular weight is 329 g/mol. The lowest BCUT2D eigenvalue weighted by Crippen LogP contribution is -2.99. The van der Waals surface area contributed by atoms with Gasteiger partial charge >= 0.3 is 5.97 Å². The molecule has 0 amide bonds. The van der Waals surface area contributed by atoms with Gasteiger partial charge in [-0.2, -0.15) is 10.5 Å². The quantitative estimate of drug-likeness (QED) is 0.641. The first-order valence-electron chi connectivity index (χ1n) is 7.30. The summed E-state index contributed by atoms with van der Waals surface area (Å²) in [6, 6.07) is 8.43. The number of quaternary nitrogens is 1. The third kappa shape index (κ3) is 2.90. The maximum absolute atomic E-state index is 12.3. The first-order chi connectivity index (χ1) is 11.3. The van der Waals surface area contributed by atoms with Crippen molar-refractivity contribution in [1.82, 2.24) is 4.90 Å². The molecule has 126 valence electrons. The zero-order chi connectivity index (χ0) is 18.0. The van der Waals surface area contributed by atoms with E-state index in [1.807, 2.05) is 0 Å². The summed E-state index contributed by atoms with van der Waals surface area (Å²) in [7, 11) is 3.05. The van der Waals surface area contributed by atoms with Crippen molar-refractivity contribution in [2.24, 2.45) is 0 Å². The van der Waals surface area contributed by atoms with Gasteiger partial charge in [0.1, 0.15) is 0 Å². The third-order valence-electron chi connectivity index (χ3n) is 4.36. The number of carbonyl (C=O) groups excluding carboxylic acids is 1. The topological polar surface area (TPSA) is 101 Å². The molecule has 0 spiro atoms. The van der Waals surface area contributed by atoms with Gasteiger partial charge in [-0.3, -0.25) is 0 Å². The van der Waals surface area contributed by atoms with Crippen molar-refractivity contribution in [3.8, 4) is 6.07 Å². The van der Waals surface area contributed by atoms with Crippen LogP contribution >= 0.6 is 0 Å². The van der Waals surface area contributed by atoms with Crippen LogP contribution in [0.15, 0.2) is 46.8 Å². The molecule has 7 heteroatoms. The summed E-state index contributed by atoms with van der Waals surface area (Å²) in [5.74, 6) is -1.19. The Labute approximate surface area is 140 Å². The maximum Gasteiger partial charge on any atom is 0.336 e. The molecule has 1 aromatic carbocycles. The second-order valence-corrected chi connectivity index (χ2v) is 5.52. The Hall–Kier alpha value is -2.66. The van der Waals surface area contributed by atoms with E-state index in [1.54, 1.807) is 37.9 Å². The molecule has 0 aromatic heterocycles. The molecule has 1 heterocycles. The molecule has 1 aliphatic rings. The number of nitriles is 1. The average Bonchev–Trinajstić information content (AvgIpc) is 2.58. The summed E-state index contributed by atoms with van der Waals surface area (Å²) in [6.45, 7) is 3.57. The zero-order valence-electron chi connectivity index (χ0n) is 14.0. The fourth-order valence-electron chi connectivity index (χ4n) is 2.88. The Morgan fingerprint density at radius 2 is 2.08 bits per heavy atom. The zero-order valence-corrected chi connectivity index (χ0v) is 14.0. The molecule has 24 heavy (non-hydrogen) atoms. The summed E-state index contributed by atoms with van der Waals surface area (Å²) in [6.07, 6.45) is 0. The summed E-state index contributed by atoms with van der Waals surface area (Å²) in [5, 5.41) is 29.0. The number of nitrogens with one attached hydrogen (secondary N) is 1. The molecule has 2 atom stereocenters. The summed E-state index contributed by atoms with van der Waals surface area (Å²) in [5.41, 5.74) is 2.79. The molecule has 2 rings (SSSR count). The Bertz CT molecular complexity index is 774. The van der Waals surface area contributed by atoms with E-state index in [-0.39, 0.29) is 5.69 Å². The molecule has 0 saturated heterocycles. The monoisotopic (exact) mass is 329 g/mol. The van der Waals surface area contributed by atoms with E-state index in [2.05, 4.69) is 6.07 Å². The Morgan fingerprint density at radius 1 is 1.42 bits per heavy atom. The van der Waals surface area contributed by atoms with Gasteiger partial charge in [0.2, 0.25) is 0 Å². The van der Waals surface area contributed by atoms with E-state index in [9.17, 15) is 20.5 Å². The normalized spacial score (nSPS) is 19.2. The molecule has 0 bridgehead atoms. The maximum atomic E-state index is 12.3. The number of ether oxygens (including phenoxy) is 1. The first kappa shape index (κ1) is 17.7. The van der Waals surface area contributed by atoms with Crippen LogP contribution in [0.4, 0.5) is 5.69 Å². The van der Waals surface area contributed by atoms with Crippen molar-refractivity contribution >= 4 is 11.7 Å². The van der Waals surface area contributed by atoms with Gasteiger partial charge in [0.15, 0.2) is 5.69 Å². The van der Waals surface area contributed by atoms with E-state index >= 15 is 0 Å². The molecule has 0 saturated carbocycles. The van der Waals surface area contributed by atoms with Gasteiger partial charge in [0.25, 0.3) is 0 Å². The van der Waals surface area contributed by atoms with Crippen molar-refractivity contribution < 1.29 is 20.0 Å². The number of nitrogens with zero attached hydrogens (tertiary/aromatic N) is 2. The summed E-state index contributed by atoms with van der Waals surface area (Å²) in [4.78, 5) is 14.1. The number of benzene rings is 1. The van der Waals surface area contributed by atoms with Crippen molar-refractivity contribution in [2.45, 2.75) is 19.8 Å². The van der Waals surface area contributed by atoms with Crippen molar-refractivity contribution in [3.63, 3.8) is 0 Å². The minimum atomic E-state index is -1.07. The fraction of sp³-hybridized carbons (Fsp3) is 0.294. The lowest BCUT2D eigenvalue weighted by molar-refractivity contribution is -0.991. The molecule has 7 nitrogen and oxygen atoms in total. The van der Waals surface area contributed by atoms with Crippen LogP contribution in [-0.4, -0.2) is 30.2 Å². The van der Waals surface area contributed by atoms with E-state index in [4.69, 9.17) is 4.74 Å². The molecular formula is C17H19N3O4. The molecule has 0 fully saturated rings. The van der Waals surface area contributed by atoms with Crippen LogP contribution in [0.5, 0.6) is 0 Å². The van der Waals surface area contributed by atoms with Crippen LogP contribution in [0, 0.1) is 16.5 Å². The number of methoxy groups -OCH3 is 1. The van der Waals surface area contributed by atoms with Crippen molar-refractivity contribution in [3.05, 3.63) is 57.6 Å². The van der Waals surface area contributed by atoms with Gasteiger partial charge < -0.3 is 14.8 Å². The lowest BCUT2D eigenvalue weighted by atomic mass is 9.80. The second-order valence-electron chi connectivity index (χ2n) is 5.52. The van der Waals surface area contributed by atoms with Crippen LogP contribution in [0.1, 0.15) is 25.3 Å². The second kappa shape index (κ2) is 6.84. The number of rotatable bonds is 3. The summed E-state index contributed by atoms with van der Waals surface area (Å²) < 4.78 is 4.89.